The minimum Gasteiger partial charge on any atom is -0.455 e. The van der Waals surface area contributed by atoms with Crippen LogP contribution in [-0.4, -0.2) is 10.7 Å². The van der Waals surface area contributed by atoms with Crippen LogP contribution in [0.25, 0.3) is 32.4 Å². The van der Waals surface area contributed by atoms with Gasteiger partial charge < -0.3 is 9.40 Å². The summed E-state index contributed by atoms with van der Waals surface area (Å²) in [5, 5.41) is 2.16. The van der Waals surface area contributed by atoms with Crippen molar-refractivity contribution in [2.45, 2.75) is 13.8 Å². The molecule has 1 N–H and O–H groups in total. The number of aromatic nitrogens is 1. The van der Waals surface area contributed by atoms with E-state index in [0.717, 1.165) is 55.9 Å². The van der Waals surface area contributed by atoms with E-state index in [9.17, 15) is 0 Å². The summed E-state index contributed by atoms with van der Waals surface area (Å²) in [6, 6.07) is 18.3. The van der Waals surface area contributed by atoms with Crippen molar-refractivity contribution in [2.75, 3.05) is 0 Å². The largest absolute Gasteiger partial charge is 0.455 e. The monoisotopic (exact) mass is 363 g/mol. The van der Waals surface area contributed by atoms with Crippen molar-refractivity contribution >= 4 is 33.2 Å². The van der Waals surface area contributed by atoms with Crippen molar-refractivity contribution in [3.8, 4) is 0 Å². The average Bonchev–Trinajstić information content (AvgIpc) is 3.39. The van der Waals surface area contributed by atoms with Crippen LogP contribution in [0.4, 0.5) is 0 Å². The first-order chi connectivity index (χ1) is 13.7. The van der Waals surface area contributed by atoms with Crippen LogP contribution in [0.5, 0.6) is 0 Å². The molecule has 0 saturated heterocycles. The number of rotatable bonds is 2. The van der Waals surface area contributed by atoms with Crippen LogP contribution in [0.3, 0.4) is 0 Å². The normalized spacial score (nSPS) is 15.6. The minimum atomic E-state index is 0.576. The Balaban J connectivity index is 1.88. The molecule has 0 fully saturated rings. The van der Waals surface area contributed by atoms with Crippen LogP contribution >= 0.6 is 0 Å². The van der Waals surface area contributed by atoms with Gasteiger partial charge >= 0.3 is 0 Å². The van der Waals surface area contributed by atoms with Gasteiger partial charge in [0, 0.05) is 39.0 Å². The van der Waals surface area contributed by atoms with Gasteiger partial charge in [0.2, 0.25) is 5.70 Å². The third-order valence-electron chi connectivity index (χ3n) is 5.08. The van der Waals surface area contributed by atoms with E-state index >= 15 is 0 Å². The number of furan rings is 1. The van der Waals surface area contributed by atoms with Gasteiger partial charge in [0.25, 0.3) is 0 Å². The number of hydrogen-bond donors (Lipinski definition) is 1. The Morgan fingerprint density at radius 3 is 2.57 bits per heavy atom. The summed E-state index contributed by atoms with van der Waals surface area (Å²) >= 11 is 0. The summed E-state index contributed by atoms with van der Waals surface area (Å²) in [7, 11) is 0. The van der Waals surface area contributed by atoms with Gasteiger partial charge in [-0.05, 0) is 38.1 Å². The smallest absolute Gasteiger partial charge is 0.210 e. The number of aryl methyl sites for hydroxylation is 1. The Bertz CT molecular complexity index is 1390. The van der Waals surface area contributed by atoms with E-state index in [1.54, 1.807) is 0 Å². The SMILES string of the molecule is [C-]#[N+]C1=CC(=C(c2ccc(C)[nH]2)c2cccc3c2oc2ccccc23)N=C1C. The minimum absolute atomic E-state index is 0.576. The summed E-state index contributed by atoms with van der Waals surface area (Å²) in [6.07, 6.45) is 1.86. The number of H-pyrrole nitrogens is 1. The maximum Gasteiger partial charge on any atom is 0.210 e. The second kappa shape index (κ2) is 6.11. The fraction of sp³-hybridized carbons (Fsp3) is 0.0833. The van der Waals surface area contributed by atoms with Gasteiger partial charge in [-0.1, -0.05) is 36.4 Å². The highest BCUT2D eigenvalue weighted by atomic mass is 16.3. The van der Waals surface area contributed by atoms with Crippen LogP contribution < -0.4 is 0 Å². The molecule has 0 saturated carbocycles. The molecule has 0 bridgehead atoms. The molecule has 2 aromatic carbocycles. The van der Waals surface area contributed by atoms with E-state index < -0.39 is 0 Å². The first kappa shape index (κ1) is 16.3. The third-order valence-corrected chi connectivity index (χ3v) is 5.08. The summed E-state index contributed by atoms with van der Waals surface area (Å²) < 4.78 is 6.25. The number of aliphatic imine (C=N–C) groups is 1. The molecule has 134 valence electrons. The van der Waals surface area contributed by atoms with E-state index in [2.05, 4.69) is 28.0 Å². The summed E-state index contributed by atoms with van der Waals surface area (Å²) in [5.41, 5.74) is 7.71. The van der Waals surface area contributed by atoms with Crippen molar-refractivity contribution in [3.63, 3.8) is 0 Å². The van der Waals surface area contributed by atoms with E-state index in [1.165, 1.54) is 0 Å². The summed E-state index contributed by atoms with van der Waals surface area (Å²) in [4.78, 5) is 11.7. The number of para-hydroxylation sites is 2. The van der Waals surface area contributed by atoms with Crippen LogP contribution in [0.1, 0.15) is 23.9 Å². The first-order valence-electron chi connectivity index (χ1n) is 9.11. The van der Waals surface area contributed by atoms with Gasteiger partial charge in [0.05, 0.1) is 12.3 Å². The fourth-order valence-electron chi connectivity index (χ4n) is 3.76. The third kappa shape index (κ3) is 2.41. The maximum atomic E-state index is 7.41. The van der Waals surface area contributed by atoms with E-state index in [0.29, 0.717) is 5.70 Å². The first-order valence-corrected chi connectivity index (χ1v) is 9.11. The molecule has 2 aromatic heterocycles. The molecule has 28 heavy (non-hydrogen) atoms. The molecule has 4 aromatic rings. The number of benzene rings is 2. The van der Waals surface area contributed by atoms with Crippen molar-refractivity contribution in [3.05, 3.63) is 100 Å². The Morgan fingerprint density at radius 1 is 1.00 bits per heavy atom. The Kier molecular flexibility index (Phi) is 3.56. The molecular formula is C24H17N3O. The number of aromatic amines is 1. The van der Waals surface area contributed by atoms with Gasteiger partial charge in [-0.3, -0.25) is 4.99 Å². The molecule has 0 unspecified atom stereocenters. The lowest BCUT2D eigenvalue weighted by molar-refractivity contribution is 0.667. The van der Waals surface area contributed by atoms with Crippen LogP contribution in [0.2, 0.25) is 0 Å². The quantitative estimate of drug-likeness (QED) is 0.420. The molecule has 3 heterocycles. The topological polar surface area (TPSA) is 45.6 Å². The molecule has 4 nitrogen and oxygen atoms in total. The van der Waals surface area contributed by atoms with Crippen molar-refractivity contribution in [1.29, 1.82) is 0 Å². The summed E-state index contributed by atoms with van der Waals surface area (Å²) in [6.45, 7) is 11.3. The van der Waals surface area contributed by atoms with Crippen molar-refractivity contribution < 1.29 is 4.42 Å². The number of fused-ring (bicyclic) bond motifs is 3. The molecule has 0 spiro atoms. The van der Waals surface area contributed by atoms with E-state index in [-0.39, 0.29) is 0 Å². The van der Waals surface area contributed by atoms with Gasteiger partial charge in [-0.15, -0.1) is 0 Å². The van der Waals surface area contributed by atoms with E-state index in [1.807, 2.05) is 56.3 Å². The van der Waals surface area contributed by atoms with Gasteiger partial charge in [-0.2, -0.15) is 0 Å². The standard InChI is InChI=1S/C24H17N3O/c1-14-11-12-19(26-14)23(21-13-20(25-3)15(2)27-21)18-9-6-8-17-16-7-4-5-10-22(16)28-24(17)18/h4-13,26H,1-2H3. The zero-order valence-electron chi connectivity index (χ0n) is 15.6. The van der Waals surface area contributed by atoms with Crippen LogP contribution in [0.15, 0.2) is 81.5 Å². The van der Waals surface area contributed by atoms with Gasteiger partial charge in [0.1, 0.15) is 11.2 Å². The summed E-state index contributed by atoms with van der Waals surface area (Å²) in [5.74, 6) is 0. The Morgan fingerprint density at radius 2 is 1.82 bits per heavy atom. The van der Waals surface area contributed by atoms with Crippen molar-refractivity contribution in [2.24, 2.45) is 4.99 Å². The zero-order chi connectivity index (χ0) is 19.3. The molecule has 0 atom stereocenters. The Hall–Kier alpha value is -3.84. The highest BCUT2D eigenvalue weighted by molar-refractivity contribution is 6.10. The number of allylic oxidation sites excluding steroid dienone is 2. The lowest BCUT2D eigenvalue weighted by Crippen LogP contribution is -1.93. The lowest BCUT2D eigenvalue weighted by Gasteiger charge is -2.09. The molecule has 1 aliphatic rings. The molecule has 4 heteroatoms. The molecule has 0 radical (unpaired) electrons. The fourth-order valence-corrected chi connectivity index (χ4v) is 3.76. The van der Waals surface area contributed by atoms with E-state index in [4.69, 9.17) is 16.0 Å². The highest BCUT2D eigenvalue weighted by Gasteiger charge is 2.21. The van der Waals surface area contributed by atoms with Gasteiger partial charge in [0.15, 0.2) is 0 Å². The van der Waals surface area contributed by atoms with Crippen LogP contribution in [-0.2, 0) is 0 Å². The highest BCUT2D eigenvalue weighted by Crippen LogP contribution is 2.38. The predicted octanol–water partition coefficient (Wildman–Crippen LogP) is 6.26. The lowest BCUT2D eigenvalue weighted by atomic mass is 9.98. The van der Waals surface area contributed by atoms with Gasteiger partial charge in [-0.25, -0.2) is 4.85 Å². The van der Waals surface area contributed by atoms with Crippen molar-refractivity contribution in [1.82, 2.24) is 4.98 Å². The number of nitrogens with zero attached hydrogens (tertiary/aromatic N) is 2. The Labute approximate surface area is 162 Å². The zero-order valence-corrected chi connectivity index (χ0v) is 15.6. The number of nitrogens with one attached hydrogen (secondary N) is 1. The molecular weight excluding hydrogens is 346 g/mol. The molecule has 5 rings (SSSR count). The second-order valence-electron chi connectivity index (χ2n) is 6.93. The average molecular weight is 363 g/mol. The second-order valence-corrected chi connectivity index (χ2v) is 6.93. The molecule has 0 aliphatic carbocycles. The molecule has 0 amide bonds. The molecule has 1 aliphatic heterocycles. The maximum absolute atomic E-state index is 7.41. The number of hydrogen-bond acceptors (Lipinski definition) is 2. The van der Waals surface area contributed by atoms with Crippen LogP contribution in [0, 0.1) is 13.5 Å². The predicted molar refractivity (Wildman–Crippen MR) is 113 cm³/mol.